The molecule has 0 radical (unpaired) electrons. The van der Waals surface area contributed by atoms with E-state index in [1.54, 1.807) is 18.3 Å². The van der Waals surface area contributed by atoms with E-state index in [0.717, 1.165) is 0 Å². The second kappa shape index (κ2) is 7.89. The number of esters is 1. The van der Waals surface area contributed by atoms with Gasteiger partial charge in [0.25, 0.3) is 5.91 Å². The van der Waals surface area contributed by atoms with E-state index in [9.17, 15) is 9.59 Å². The van der Waals surface area contributed by atoms with Crippen molar-refractivity contribution in [3.8, 4) is 0 Å². The highest BCUT2D eigenvalue weighted by molar-refractivity contribution is 7.98. The van der Waals surface area contributed by atoms with Gasteiger partial charge in [-0.3, -0.25) is 4.79 Å². The Hall–Kier alpha value is -1.56. The fourth-order valence-corrected chi connectivity index (χ4v) is 1.92. The highest BCUT2D eigenvalue weighted by Crippen LogP contribution is 2.17. The summed E-state index contributed by atoms with van der Waals surface area (Å²) in [7, 11) is 0. The molecule has 0 unspecified atom stereocenters. The third-order valence-electron chi connectivity index (χ3n) is 2.91. The number of carbonyl (C=O) groups excluding carboxylic acids is 2. The summed E-state index contributed by atoms with van der Waals surface area (Å²) in [5.74, 6) is -0.500. The summed E-state index contributed by atoms with van der Waals surface area (Å²) in [5.41, 5.74) is 0.379. The van der Waals surface area contributed by atoms with Crippen LogP contribution in [0.5, 0.6) is 0 Å². The molecule has 0 saturated carbocycles. The van der Waals surface area contributed by atoms with E-state index < -0.39 is 5.97 Å². The normalized spacial score (nSPS) is 12.1. The molecule has 1 atom stereocenters. The van der Waals surface area contributed by atoms with Crippen LogP contribution >= 0.6 is 11.8 Å². The Morgan fingerprint density at radius 2 is 2.10 bits per heavy atom. The van der Waals surface area contributed by atoms with Crippen LogP contribution in [0.3, 0.4) is 0 Å². The predicted molar refractivity (Wildman–Crippen MR) is 78.7 cm³/mol. The molecule has 0 saturated heterocycles. The average Bonchev–Trinajstić information content (AvgIpc) is 2.44. The maximum Gasteiger partial charge on any atom is 0.341 e. The molecule has 1 aromatic rings. The van der Waals surface area contributed by atoms with E-state index in [1.807, 2.05) is 27.0 Å². The minimum absolute atomic E-state index is 0.0429. The van der Waals surface area contributed by atoms with Gasteiger partial charge in [0.2, 0.25) is 0 Å². The molecule has 20 heavy (non-hydrogen) atoms. The summed E-state index contributed by atoms with van der Waals surface area (Å²) in [4.78, 5) is 27.6. The topological polar surface area (TPSA) is 68.3 Å². The van der Waals surface area contributed by atoms with E-state index >= 15 is 0 Å². The molecule has 110 valence electrons. The summed E-state index contributed by atoms with van der Waals surface area (Å²) in [6.07, 6.45) is 3.44. The molecule has 1 heterocycles. The van der Waals surface area contributed by atoms with Gasteiger partial charge in [-0.15, -0.1) is 11.8 Å². The lowest BCUT2D eigenvalue weighted by atomic mass is 10.1. The first-order valence-electron chi connectivity index (χ1n) is 6.41. The van der Waals surface area contributed by atoms with E-state index in [4.69, 9.17) is 4.74 Å². The fraction of sp³-hybridized carbons (Fsp3) is 0.500. The fourth-order valence-electron chi connectivity index (χ4n) is 1.38. The van der Waals surface area contributed by atoms with Crippen molar-refractivity contribution in [3.05, 3.63) is 23.9 Å². The number of carbonyl (C=O) groups is 2. The van der Waals surface area contributed by atoms with E-state index in [-0.39, 0.29) is 18.6 Å². The Bertz CT molecular complexity index is 477. The molecule has 0 aliphatic heterocycles. The van der Waals surface area contributed by atoms with Gasteiger partial charge in [0.1, 0.15) is 5.03 Å². The molecular weight excluding hydrogens is 276 g/mol. The van der Waals surface area contributed by atoms with Gasteiger partial charge in [-0.25, -0.2) is 9.78 Å². The van der Waals surface area contributed by atoms with E-state index in [1.165, 1.54) is 11.8 Å². The number of hydrogen-bond donors (Lipinski definition) is 1. The highest BCUT2D eigenvalue weighted by Gasteiger charge is 2.16. The van der Waals surface area contributed by atoms with Crippen LogP contribution in [-0.2, 0) is 9.53 Å². The number of amides is 1. The van der Waals surface area contributed by atoms with Crippen molar-refractivity contribution in [2.75, 3.05) is 12.9 Å². The number of nitrogens with one attached hydrogen (secondary N) is 1. The molecule has 0 fully saturated rings. The van der Waals surface area contributed by atoms with Crippen LogP contribution < -0.4 is 5.32 Å². The Labute approximate surface area is 123 Å². The summed E-state index contributed by atoms with van der Waals surface area (Å²) in [6, 6.07) is 3.34. The molecule has 0 spiro atoms. The molecule has 0 bridgehead atoms. The SMILES string of the molecule is CSc1ncccc1C(=O)OCC(=O)N[C@H](C)C(C)C. The van der Waals surface area contributed by atoms with Crippen LogP contribution in [0, 0.1) is 5.92 Å². The maximum atomic E-state index is 11.9. The monoisotopic (exact) mass is 296 g/mol. The van der Waals surface area contributed by atoms with Crippen molar-refractivity contribution in [2.45, 2.75) is 31.8 Å². The van der Waals surface area contributed by atoms with Gasteiger partial charge in [0, 0.05) is 12.2 Å². The zero-order chi connectivity index (χ0) is 15.1. The predicted octanol–water partition coefficient (Wildman–Crippen LogP) is 2.12. The Morgan fingerprint density at radius 3 is 2.70 bits per heavy atom. The lowest BCUT2D eigenvalue weighted by Gasteiger charge is -2.17. The van der Waals surface area contributed by atoms with Gasteiger partial charge in [0.15, 0.2) is 6.61 Å². The molecule has 1 aromatic heterocycles. The van der Waals surface area contributed by atoms with Crippen LogP contribution in [0.1, 0.15) is 31.1 Å². The van der Waals surface area contributed by atoms with Crippen LogP contribution in [0.15, 0.2) is 23.4 Å². The van der Waals surface area contributed by atoms with Gasteiger partial charge in [-0.05, 0) is 31.2 Å². The second-order valence-corrected chi connectivity index (χ2v) is 5.53. The first kappa shape index (κ1) is 16.5. The molecule has 1 rings (SSSR count). The zero-order valence-electron chi connectivity index (χ0n) is 12.2. The number of ether oxygens (including phenoxy) is 1. The third kappa shape index (κ3) is 4.85. The van der Waals surface area contributed by atoms with Gasteiger partial charge in [0.05, 0.1) is 5.56 Å². The average molecular weight is 296 g/mol. The number of nitrogens with zero attached hydrogens (tertiary/aromatic N) is 1. The second-order valence-electron chi connectivity index (χ2n) is 4.74. The molecule has 1 amide bonds. The molecule has 0 aromatic carbocycles. The lowest BCUT2D eigenvalue weighted by Crippen LogP contribution is -2.38. The van der Waals surface area contributed by atoms with E-state index in [2.05, 4.69) is 10.3 Å². The Kier molecular flexibility index (Phi) is 6.51. The van der Waals surface area contributed by atoms with Crippen molar-refractivity contribution < 1.29 is 14.3 Å². The minimum atomic E-state index is -0.533. The molecule has 1 N–H and O–H groups in total. The third-order valence-corrected chi connectivity index (χ3v) is 3.62. The van der Waals surface area contributed by atoms with Crippen molar-refractivity contribution in [3.63, 3.8) is 0 Å². The van der Waals surface area contributed by atoms with Crippen molar-refractivity contribution >= 4 is 23.6 Å². The first-order valence-corrected chi connectivity index (χ1v) is 7.63. The highest BCUT2D eigenvalue weighted by atomic mass is 32.2. The van der Waals surface area contributed by atoms with E-state index in [0.29, 0.717) is 16.5 Å². The minimum Gasteiger partial charge on any atom is -0.452 e. The van der Waals surface area contributed by atoms with Crippen LogP contribution in [0.2, 0.25) is 0 Å². The molecule has 5 nitrogen and oxygen atoms in total. The zero-order valence-corrected chi connectivity index (χ0v) is 13.0. The number of pyridine rings is 1. The lowest BCUT2D eigenvalue weighted by molar-refractivity contribution is -0.125. The smallest absolute Gasteiger partial charge is 0.341 e. The van der Waals surface area contributed by atoms with Crippen molar-refractivity contribution in [2.24, 2.45) is 5.92 Å². The summed E-state index contributed by atoms with van der Waals surface area (Å²) in [5, 5.41) is 3.37. The Morgan fingerprint density at radius 1 is 1.40 bits per heavy atom. The standard InChI is InChI=1S/C14H20N2O3S/c1-9(2)10(3)16-12(17)8-19-14(18)11-6-5-7-15-13(11)20-4/h5-7,9-10H,8H2,1-4H3,(H,16,17)/t10-/m1/s1. The first-order chi connectivity index (χ1) is 9.45. The summed E-state index contributed by atoms with van der Waals surface area (Å²) < 4.78 is 5.01. The quantitative estimate of drug-likeness (QED) is 0.643. The Balaban J connectivity index is 2.53. The van der Waals surface area contributed by atoms with Crippen LogP contribution in [-0.4, -0.2) is 35.8 Å². The molecular formula is C14H20N2O3S. The number of thioether (sulfide) groups is 1. The summed E-state index contributed by atoms with van der Waals surface area (Å²) >= 11 is 1.36. The summed E-state index contributed by atoms with van der Waals surface area (Å²) in [6.45, 7) is 5.66. The van der Waals surface area contributed by atoms with Gasteiger partial charge in [-0.1, -0.05) is 13.8 Å². The molecule has 0 aliphatic carbocycles. The van der Waals surface area contributed by atoms with Gasteiger partial charge < -0.3 is 10.1 Å². The maximum absolute atomic E-state index is 11.9. The van der Waals surface area contributed by atoms with Gasteiger partial charge >= 0.3 is 5.97 Å². The van der Waals surface area contributed by atoms with Crippen molar-refractivity contribution in [1.82, 2.24) is 10.3 Å². The molecule has 0 aliphatic rings. The largest absolute Gasteiger partial charge is 0.452 e. The van der Waals surface area contributed by atoms with Gasteiger partial charge in [-0.2, -0.15) is 0 Å². The molecule has 6 heteroatoms. The van der Waals surface area contributed by atoms with Crippen molar-refractivity contribution in [1.29, 1.82) is 0 Å². The van der Waals surface area contributed by atoms with Crippen LogP contribution in [0.4, 0.5) is 0 Å². The number of rotatable bonds is 6. The van der Waals surface area contributed by atoms with Crippen LogP contribution in [0.25, 0.3) is 0 Å². The number of hydrogen-bond acceptors (Lipinski definition) is 5. The number of aromatic nitrogens is 1.